The van der Waals surface area contributed by atoms with Crippen LogP contribution in [0.5, 0.6) is 5.75 Å². The molecule has 0 aromatic heterocycles. The lowest BCUT2D eigenvalue weighted by molar-refractivity contribution is -0.137. The quantitative estimate of drug-likeness (QED) is 0.776. The summed E-state index contributed by atoms with van der Waals surface area (Å²) in [5, 5.41) is 0. The molecule has 1 aliphatic heterocycles. The van der Waals surface area contributed by atoms with Crippen molar-refractivity contribution in [1.29, 1.82) is 0 Å². The van der Waals surface area contributed by atoms with Crippen LogP contribution in [0.15, 0.2) is 48.5 Å². The molecular formula is C16H13F3O2. The van der Waals surface area contributed by atoms with Crippen LogP contribution in [0.1, 0.15) is 28.9 Å². The Kier molecular flexibility index (Phi) is 3.37. The summed E-state index contributed by atoms with van der Waals surface area (Å²) in [6, 6.07) is 12.6. The first-order chi connectivity index (χ1) is 9.99. The van der Waals surface area contributed by atoms with Gasteiger partial charge in [0.15, 0.2) is 0 Å². The Morgan fingerprint density at radius 1 is 0.857 bits per heavy atom. The summed E-state index contributed by atoms with van der Waals surface area (Å²) in [5.74, 6) is 0.755. The highest BCUT2D eigenvalue weighted by Gasteiger charge is 2.41. The maximum Gasteiger partial charge on any atom is 0.416 e. The molecule has 21 heavy (non-hydrogen) atoms. The molecular weight excluding hydrogens is 281 g/mol. The van der Waals surface area contributed by atoms with Gasteiger partial charge in [-0.25, -0.2) is 0 Å². The zero-order valence-corrected chi connectivity index (χ0v) is 11.2. The number of epoxide rings is 1. The molecule has 2 aromatic carbocycles. The zero-order chi connectivity index (χ0) is 15.0. The van der Waals surface area contributed by atoms with E-state index in [0.717, 1.165) is 29.0 Å². The van der Waals surface area contributed by atoms with E-state index >= 15 is 0 Å². The number of halogens is 3. The van der Waals surface area contributed by atoms with Crippen molar-refractivity contribution in [2.75, 3.05) is 7.11 Å². The third-order valence-corrected chi connectivity index (χ3v) is 3.50. The molecule has 3 rings (SSSR count). The average Bonchev–Trinajstić information content (AvgIpc) is 3.27. The highest BCUT2D eigenvalue weighted by molar-refractivity contribution is 5.35. The molecule has 0 N–H and O–H groups in total. The van der Waals surface area contributed by atoms with Crippen LogP contribution in [0.3, 0.4) is 0 Å². The predicted molar refractivity (Wildman–Crippen MR) is 71.0 cm³/mol. The average molecular weight is 294 g/mol. The van der Waals surface area contributed by atoms with Gasteiger partial charge in [0.25, 0.3) is 0 Å². The fourth-order valence-corrected chi connectivity index (χ4v) is 2.27. The molecule has 5 heteroatoms. The summed E-state index contributed by atoms with van der Waals surface area (Å²) in [6.45, 7) is 0. The first kappa shape index (κ1) is 13.9. The predicted octanol–water partition coefficient (Wildman–Crippen LogP) is 4.53. The lowest BCUT2D eigenvalue weighted by Gasteiger charge is -2.06. The first-order valence-corrected chi connectivity index (χ1v) is 6.45. The van der Waals surface area contributed by atoms with Crippen molar-refractivity contribution in [2.24, 2.45) is 0 Å². The normalized spacial score (nSPS) is 21.1. The van der Waals surface area contributed by atoms with Crippen LogP contribution in [0.4, 0.5) is 13.2 Å². The van der Waals surface area contributed by atoms with Gasteiger partial charge in [0, 0.05) is 0 Å². The molecule has 2 aromatic rings. The molecule has 2 atom stereocenters. The van der Waals surface area contributed by atoms with Gasteiger partial charge < -0.3 is 9.47 Å². The van der Waals surface area contributed by atoms with Gasteiger partial charge in [-0.15, -0.1) is 0 Å². The van der Waals surface area contributed by atoms with E-state index in [0.29, 0.717) is 0 Å². The minimum absolute atomic E-state index is 0.104. The van der Waals surface area contributed by atoms with Crippen LogP contribution in [0.2, 0.25) is 0 Å². The molecule has 0 radical (unpaired) electrons. The number of rotatable bonds is 3. The molecule has 0 saturated carbocycles. The molecule has 1 saturated heterocycles. The number of hydrogen-bond donors (Lipinski definition) is 0. The minimum atomic E-state index is -4.31. The van der Waals surface area contributed by atoms with Crippen molar-refractivity contribution in [3.05, 3.63) is 65.2 Å². The van der Waals surface area contributed by atoms with Crippen molar-refractivity contribution in [3.63, 3.8) is 0 Å². The highest BCUT2D eigenvalue weighted by atomic mass is 19.4. The second-order valence-electron chi connectivity index (χ2n) is 4.87. The van der Waals surface area contributed by atoms with E-state index in [1.54, 1.807) is 7.11 Å². The summed E-state index contributed by atoms with van der Waals surface area (Å²) < 4.78 is 48.2. The Bertz CT molecular complexity index is 617. The molecule has 1 aliphatic rings. The van der Waals surface area contributed by atoms with Crippen molar-refractivity contribution in [3.8, 4) is 5.75 Å². The number of benzene rings is 2. The summed E-state index contributed by atoms with van der Waals surface area (Å²) in [7, 11) is 1.59. The molecule has 2 nitrogen and oxygen atoms in total. The van der Waals surface area contributed by atoms with E-state index in [-0.39, 0.29) is 12.2 Å². The van der Waals surface area contributed by atoms with Gasteiger partial charge in [0.1, 0.15) is 18.0 Å². The molecule has 110 valence electrons. The summed E-state index contributed by atoms with van der Waals surface area (Å²) in [4.78, 5) is 0. The number of ether oxygens (including phenoxy) is 2. The Balaban J connectivity index is 1.72. The van der Waals surface area contributed by atoms with Crippen LogP contribution in [-0.2, 0) is 10.9 Å². The number of hydrogen-bond acceptors (Lipinski definition) is 2. The van der Waals surface area contributed by atoms with E-state index in [9.17, 15) is 13.2 Å². The largest absolute Gasteiger partial charge is 0.497 e. The molecule has 0 spiro atoms. The van der Waals surface area contributed by atoms with Crippen molar-refractivity contribution < 1.29 is 22.6 Å². The highest BCUT2D eigenvalue weighted by Crippen LogP contribution is 2.51. The molecule has 0 bridgehead atoms. The van der Waals surface area contributed by atoms with Crippen LogP contribution in [-0.4, -0.2) is 7.11 Å². The smallest absolute Gasteiger partial charge is 0.416 e. The third kappa shape index (κ3) is 2.88. The van der Waals surface area contributed by atoms with E-state index in [2.05, 4.69) is 0 Å². The van der Waals surface area contributed by atoms with Gasteiger partial charge in [-0.1, -0.05) is 24.3 Å². The molecule has 0 unspecified atom stereocenters. The van der Waals surface area contributed by atoms with Crippen LogP contribution < -0.4 is 4.74 Å². The lowest BCUT2D eigenvalue weighted by Crippen LogP contribution is -2.04. The Morgan fingerprint density at radius 3 is 1.76 bits per heavy atom. The molecule has 0 aliphatic carbocycles. The van der Waals surface area contributed by atoms with Gasteiger partial charge in [-0.3, -0.25) is 0 Å². The van der Waals surface area contributed by atoms with E-state index in [4.69, 9.17) is 9.47 Å². The van der Waals surface area contributed by atoms with E-state index in [1.807, 2.05) is 24.3 Å². The van der Waals surface area contributed by atoms with Gasteiger partial charge in [-0.05, 0) is 35.4 Å². The minimum Gasteiger partial charge on any atom is -0.497 e. The summed E-state index contributed by atoms with van der Waals surface area (Å²) >= 11 is 0. The Morgan fingerprint density at radius 2 is 1.33 bits per heavy atom. The van der Waals surface area contributed by atoms with Gasteiger partial charge in [-0.2, -0.15) is 13.2 Å². The third-order valence-electron chi connectivity index (χ3n) is 3.50. The standard InChI is InChI=1S/C16H13F3O2/c1-20-13-8-4-11(5-9-13)15-14(21-15)10-2-6-12(7-3-10)16(17,18)19/h2-9,14-15H,1H3/t14-,15+/m1/s1. The van der Waals surface area contributed by atoms with Gasteiger partial charge >= 0.3 is 6.18 Å². The fourth-order valence-electron chi connectivity index (χ4n) is 2.27. The van der Waals surface area contributed by atoms with E-state index in [1.165, 1.54) is 12.1 Å². The second kappa shape index (κ2) is 5.07. The van der Waals surface area contributed by atoms with Gasteiger partial charge in [0.05, 0.1) is 12.7 Å². The summed E-state index contributed by atoms with van der Waals surface area (Å²) in [6.07, 6.45) is -4.59. The lowest BCUT2D eigenvalue weighted by atomic mass is 10.0. The Labute approximate surface area is 120 Å². The number of methoxy groups -OCH3 is 1. The molecule has 1 fully saturated rings. The van der Waals surface area contributed by atoms with Crippen molar-refractivity contribution in [1.82, 2.24) is 0 Å². The van der Waals surface area contributed by atoms with Gasteiger partial charge in [0.2, 0.25) is 0 Å². The molecule has 1 heterocycles. The maximum absolute atomic E-state index is 12.5. The van der Waals surface area contributed by atoms with E-state index < -0.39 is 11.7 Å². The monoisotopic (exact) mass is 294 g/mol. The van der Waals surface area contributed by atoms with Crippen molar-refractivity contribution >= 4 is 0 Å². The second-order valence-corrected chi connectivity index (χ2v) is 4.87. The SMILES string of the molecule is COc1ccc([C@@H]2O[C@@H]2c2ccc(C(F)(F)F)cc2)cc1. The molecule has 0 amide bonds. The van der Waals surface area contributed by atoms with Crippen molar-refractivity contribution in [2.45, 2.75) is 18.4 Å². The van der Waals surface area contributed by atoms with Crippen LogP contribution >= 0.6 is 0 Å². The maximum atomic E-state index is 12.5. The number of alkyl halides is 3. The zero-order valence-electron chi connectivity index (χ0n) is 11.2. The Hall–Kier alpha value is -2.01. The fraction of sp³-hybridized carbons (Fsp3) is 0.250. The summed E-state index contributed by atoms with van der Waals surface area (Å²) in [5.41, 5.74) is 1.09. The topological polar surface area (TPSA) is 21.8 Å². The van der Waals surface area contributed by atoms with Crippen LogP contribution in [0.25, 0.3) is 0 Å². The first-order valence-electron chi connectivity index (χ1n) is 6.45. The van der Waals surface area contributed by atoms with Crippen LogP contribution in [0, 0.1) is 0 Å².